The van der Waals surface area contributed by atoms with Crippen molar-refractivity contribution in [3.63, 3.8) is 0 Å². The number of pyridine rings is 1. The van der Waals surface area contributed by atoms with Crippen LogP contribution in [0.1, 0.15) is 30.2 Å². The van der Waals surface area contributed by atoms with Crippen LogP contribution in [0.15, 0.2) is 48.8 Å². The average molecular weight is 450 g/mol. The molecule has 0 aliphatic heterocycles. The molecular weight excluding hydrogens is 429 g/mol. The maximum absolute atomic E-state index is 14.1. The summed E-state index contributed by atoms with van der Waals surface area (Å²) in [6.45, 7) is 3.92. The van der Waals surface area contributed by atoms with Gasteiger partial charge in [0.1, 0.15) is 0 Å². The number of hydrogen-bond donors (Lipinski definition) is 2. The molecule has 168 valence electrons. The van der Waals surface area contributed by atoms with E-state index in [1.165, 1.54) is 10.9 Å². The van der Waals surface area contributed by atoms with Crippen molar-refractivity contribution in [3.8, 4) is 16.9 Å². The number of benzene rings is 2. The number of nitrogens with zero attached hydrogens (tertiary/aromatic N) is 4. The summed E-state index contributed by atoms with van der Waals surface area (Å²) in [6, 6.07) is 10.2. The standard InChI is InChI=1S/C24H21F3N6/c1-3-5-16-13(2)21-17-11-29-31-19(17)8-9-20(21)30-22(16)18-12-33(32-23(18)24(25,26)27)15-7-4-6-14(28)10-15/h4,6-12H,3,5,28H2,1-2H3,(H,29,31). The van der Waals surface area contributed by atoms with Crippen LogP contribution in [0.2, 0.25) is 0 Å². The minimum Gasteiger partial charge on any atom is -0.399 e. The van der Waals surface area contributed by atoms with Crippen LogP contribution in [0.4, 0.5) is 18.9 Å². The van der Waals surface area contributed by atoms with Crippen LogP contribution in [0.5, 0.6) is 0 Å². The van der Waals surface area contributed by atoms with Gasteiger partial charge >= 0.3 is 6.18 Å². The quantitative estimate of drug-likeness (QED) is 0.338. The second kappa shape index (κ2) is 7.61. The number of halogens is 3. The highest BCUT2D eigenvalue weighted by Crippen LogP contribution is 2.40. The number of rotatable bonds is 4. The number of alkyl halides is 3. The van der Waals surface area contributed by atoms with Gasteiger partial charge in [0.15, 0.2) is 5.69 Å². The summed E-state index contributed by atoms with van der Waals surface area (Å²) in [5.74, 6) is 0. The van der Waals surface area contributed by atoms with Crippen LogP contribution < -0.4 is 5.73 Å². The summed E-state index contributed by atoms with van der Waals surface area (Å²) in [5.41, 5.74) is 9.13. The molecule has 5 rings (SSSR count). The van der Waals surface area contributed by atoms with E-state index in [1.807, 2.05) is 19.9 Å². The molecule has 3 aromatic heterocycles. The van der Waals surface area contributed by atoms with E-state index in [9.17, 15) is 13.2 Å². The van der Waals surface area contributed by atoms with Gasteiger partial charge in [-0.25, -0.2) is 9.67 Å². The third-order valence-electron chi connectivity index (χ3n) is 5.82. The van der Waals surface area contributed by atoms with E-state index < -0.39 is 11.9 Å². The number of fused-ring (bicyclic) bond motifs is 3. The van der Waals surface area contributed by atoms with E-state index >= 15 is 0 Å². The fourth-order valence-electron chi connectivity index (χ4n) is 4.34. The number of nitrogens with two attached hydrogens (primary N) is 1. The molecule has 3 heterocycles. The Morgan fingerprint density at radius 2 is 1.97 bits per heavy atom. The van der Waals surface area contributed by atoms with Crippen molar-refractivity contribution in [2.75, 3.05) is 5.73 Å². The van der Waals surface area contributed by atoms with Gasteiger partial charge in [0.25, 0.3) is 0 Å². The first-order valence-electron chi connectivity index (χ1n) is 10.6. The lowest BCUT2D eigenvalue weighted by molar-refractivity contribution is -0.140. The van der Waals surface area contributed by atoms with Gasteiger partial charge in [-0.2, -0.15) is 23.4 Å². The minimum absolute atomic E-state index is 0.0503. The summed E-state index contributed by atoms with van der Waals surface area (Å²) < 4.78 is 43.5. The SMILES string of the molecule is CCCc1c(-c2cn(-c3cccc(N)c3)nc2C(F)(F)F)nc2ccc3[nH]ncc3c2c1C. The molecule has 0 unspecified atom stereocenters. The van der Waals surface area contributed by atoms with Gasteiger partial charge in [0.05, 0.1) is 34.2 Å². The number of aromatic amines is 1. The van der Waals surface area contributed by atoms with Crippen LogP contribution in [0.3, 0.4) is 0 Å². The van der Waals surface area contributed by atoms with E-state index in [-0.39, 0.29) is 5.56 Å². The molecule has 0 saturated heterocycles. The maximum atomic E-state index is 14.1. The maximum Gasteiger partial charge on any atom is 0.435 e. The second-order valence-corrected chi connectivity index (χ2v) is 8.03. The Bertz CT molecular complexity index is 1500. The molecule has 0 radical (unpaired) electrons. The Labute approximate surface area is 187 Å². The van der Waals surface area contributed by atoms with Crippen LogP contribution in [-0.4, -0.2) is 25.0 Å². The van der Waals surface area contributed by atoms with Gasteiger partial charge in [-0.1, -0.05) is 19.4 Å². The van der Waals surface area contributed by atoms with E-state index in [4.69, 9.17) is 10.7 Å². The highest BCUT2D eigenvalue weighted by Gasteiger charge is 2.39. The smallest absolute Gasteiger partial charge is 0.399 e. The number of aromatic nitrogens is 5. The van der Waals surface area contributed by atoms with Crippen molar-refractivity contribution < 1.29 is 13.2 Å². The Balaban J connectivity index is 1.82. The Morgan fingerprint density at radius 1 is 1.15 bits per heavy atom. The molecular formula is C24H21F3N6. The van der Waals surface area contributed by atoms with E-state index in [0.717, 1.165) is 33.8 Å². The van der Waals surface area contributed by atoms with E-state index in [1.54, 1.807) is 36.5 Å². The summed E-state index contributed by atoms with van der Waals surface area (Å²) in [6.07, 6.45) is -0.197. The molecule has 2 aromatic carbocycles. The fraction of sp³-hybridized carbons (Fsp3) is 0.208. The molecule has 33 heavy (non-hydrogen) atoms. The summed E-state index contributed by atoms with van der Waals surface area (Å²) in [5, 5.41) is 12.7. The normalized spacial score (nSPS) is 12.2. The number of H-pyrrole nitrogens is 1. The molecule has 0 aliphatic carbocycles. The van der Waals surface area contributed by atoms with Crippen LogP contribution in [-0.2, 0) is 12.6 Å². The van der Waals surface area contributed by atoms with Gasteiger partial charge in [0, 0.05) is 22.7 Å². The number of aryl methyl sites for hydroxylation is 1. The van der Waals surface area contributed by atoms with E-state index in [2.05, 4.69) is 15.3 Å². The molecule has 0 amide bonds. The Morgan fingerprint density at radius 3 is 2.70 bits per heavy atom. The summed E-state index contributed by atoms with van der Waals surface area (Å²) in [7, 11) is 0. The average Bonchev–Trinajstić information content (AvgIpc) is 3.42. The number of nitrogen functional groups attached to an aromatic ring is 1. The van der Waals surface area contributed by atoms with Gasteiger partial charge in [0.2, 0.25) is 0 Å². The monoisotopic (exact) mass is 450 g/mol. The highest BCUT2D eigenvalue weighted by molar-refractivity contribution is 6.07. The van der Waals surface area contributed by atoms with Crippen molar-refractivity contribution in [2.45, 2.75) is 32.9 Å². The highest BCUT2D eigenvalue weighted by atomic mass is 19.4. The molecule has 5 aromatic rings. The largest absolute Gasteiger partial charge is 0.435 e. The first-order chi connectivity index (χ1) is 15.8. The lowest BCUT2D eigenvalue weighted by atomic mass is 9.93. The lowest BCUT2D eigenvalue weighted by Gasteiger charge is -2.15. The zero-order valence-electron chi connectivity index (χ0n) is 18.0. The summed E-state index contributed by atoms with van der Waals surface area (Å²) >= 11 is 0. The minimum atomic E-state index is -4.65. The topological polar surface area (TPSA) is 85.4 Å². The van der Waals surface area contributed by atoms with Crippen molar-refractivity contribution >= 4 is 27.5 Å². The number of hydrogen-bond acceptors (Lipinski definition) is 4. The Hall–Kier alpha value is -3.88. The molecule has 3 N–H and O–H groups in total. The lowest BCUT2D eigenvalue weighted by Crippen LogP contribution is -2.10. The molecule has 6 nitrogen and oxygen atoms in total. The van der Waals surface area contributed by atoms with Crippen molar-refractivity contribution in [2.24, 2.45) is 0 Å². The summed E-state index contributed by atoms with van der Waals surface area (Å²) in [4.78, 5) is 4.73. The third-order valence-corrected chi connectivity index (χ3v) is 5.82. The van der Waals surface area contributed by atoms with E-state index in [0.29, 0.717) is 29.0 Å². The van der Waals surface area contributed by atoms with Crippen LogP contribution >= 0.6 is 0 Å². The number of nitrogens with one attached hydrogen (secondary N) is 1. The zero-order chi connectivity index (χ0) is 23.3. The fourth-order valence-corrected chi connectivity index (χ4v) is 4.34. The molecule has 0 aliphatic rings. The molecule has 0 spiro atoms. The van der Waals surface area contributed by atoms with Crippen molar-refractivity contribution in [1.29, 1.82) is 0 Å². The van der Waals surface area contributed by atoms with Crippen molar-refractivity contribution in [3.05, 3.63) is 65.6 Å². The number of anilines is 1. The molecule has 0 atom stereocenters. The van der Waals surface area contributed by atoms with Gasteiger partial charge in [-0.15, -0.1) is 0 Å². The van der Waals surface area contributed by atoms with Gasteiger partial charge in [-0.05, 0) is 54.8 Å². The Kier molecular flexibility index (Phi) is 4.84. The van der Waals surface area contributed by atoms with Crippen LogP contribution in [0.25, 0.3) is 38.8 Å². The zero-order valence-corrected chi connectivity index (χ0v) is 18.0. The first-order valence-corrected chi connectivity index (χ1v) is 10.6. The van der Waals surface area contributed by atoms with Gasteiger partial charge in [-0.3, -0.25) is 5.10 Å². The molecule has 0 bridgehead atoms. The van der Waals surface area contributed by atoms with Gasteiger partial charge < -0.3 is 5.73 Å². The predicted octanol–water partition coefficient (Wildman–Crippen LogP) is 5.83. The predicted molar refractivity (Wildman–Crippen MR) is 122 cm³/mol. The van der Waals surface area contributed by atoms with Crippen molar-refractivity contribution in [1.82, 2.24) is 25.0 Å². The molecule has 9 heteroatoms. The first kappa shape index (κ1) is 21.0. The molecule has 0 saturated carbocycles. The second-order valence-electron chi connectivity index (χ2n) is 8.03. The molecule has 0 fully saturated rings. The third kappa shape index (κ3) is 3.49. The van der Waals surface area contributed by atoms with Crippen LogP contribution in [0, 0.1) is 6.92 Å².